The third-order valence-corrected chi connectivity index (χ3v) is 1.38. The predicted octanol–water partition coefficient (Wildman–Crippen LogP) is -0.295. The molecule has 2 N–H and O–H groups in total. The van der Waals surface area contributed by atoms with Crippen LogP contribution in [0.1, 0.15) is 12.8 Å². The summed E-state index contributed by atoms with van der Waals surface area (Å²) in [5.41, 5.74) is 0. The first-order chi connectivity index (χ1) is 4.39. The van der Waals surface area contributed by atoms with Crippen molar-refractivity contribution in [2.45, 2.75) is 19.1 Å². The van der Waals surface area contributed by atoms with Gasteiger partial charge in [0.1, 0.15) is 0 Å². The van der Waals surface area contributed by atoms with Gasteiger partial charge in [0.15, 0.2) is 6.29 Å². The second kappa shape index (κ2) is 3.82. The van der Waals surface area contributed by atoms with Crippen molar-refractivity contribution in [3.63, 3.8) is 0 Å². The zero-order valence-corrected chi connectivity index (χ0v) is 5.47. The molecular weight excluding hydrogens is 118 g/mol. The van der Waals surface area contributed by atoms with Crippen molar-refractivity contribution in [1.29, 1.82) is 0 Å². The van der Waals surface area contributed by atoms with Crippen LogP contribution in [0.5, 0.6) is 0 Å². The van der Waals surface area contributed by atoms with E-state index in [1.807, 2.05) is 0 Å². The fraction of sp³-hybridized carbons (Fsp3) is 1.00. The maximum atomic E-state index is 8.93. The molecule has 0 aliphatic carbocycles. The highest BCUT2D eigenvalue weighted by molar-refractivity contribution is 4.54. The molecule has 0 saturated carbocycles. The predicted molar refractivity (Wildman–Crippen MR) is 34.1 cm³/mol. The molecule has 1 unspecified atom stereocenters. The summed E-state index contributed by atoms with van der Waals surface area (Å²) in [6, 6.07) is 0. The van der Waals surface area contributed by atoms with Crippen molar-refractivity contribution in [2.75, 3.05) is 19.7 Å². The van der Waals surface area contributed by atoms with Crippen LogP contribution in [0.15, 0.2) is 0 Å². The maximum absolute atomic E-state index is 8.93. The summed E-state index contributed by atoms with van der Waals surface area (Å²) < 4.78 is 4.98. The van der Waals surface area contributed by atoms with E-state index >= 15 is 0 Å². The monoisotopic (exact) mass is 131 g/mol. The molecule has 0 amide bonds. The second-order valence-electron chi connectivity index (χ2n) is 2.24. The lowest BCUT2D eigenvalue weighted by molar-refractivity contribution is -0.101. The number of hydrogen-bond donors (Lipinski definition) is 2. The summed E-state index contributed by atoms with van der Waals surface area (Å²) in [7, 11) is 0. The fourth-order valence-corrected chi connectivity index (χ4v) is 0.856. The topological polar surface area (TPSA) is 41.5 Å². The number of aliphatic hydroxyl groups excluding tert-OH is 1. The minimum Gasteiger partial charge on any atom is -0.367 e. The van der Waals surface area contributed by atoms with Crippen molar-refractivity contribution in [3.05, 3.63) is 0 Å². The van der Waals surface area contributed by atoms with E-state index in [4.69, 9.17) is 9.84 Å². The quantitative estimate of drug-likeness (QED) is 0.474. The number of ether oxygens (including phenoxy) is 1. The Morgan fingerprint density at radius 2 is 2.33 bits per heavy atom. The SMILES string of the molecule is OC1CNCCCCO1. The Labute approximate surface area is 55.0 Å². The molecule has 1 aliphatic heterocycles. The van der Waals surface area contributed by atoms with E-state index in [9.17, 15) is 0 Å². The minimum absolute atomic E-state index is 0.569. The maximum Gasteiger partial charge on any atom is 0.167 e. The van der Waals surface area contributed by atoms with E-state index in [2.05, 4.69) is 5.32 Å². The largest absolute Gasteiger partial charge is 0.367 e. The van der Waals surface area contributed by atoms with Gasteiger partial charge in [-0.3, -0.25) is 0 Å². The zero-order chi connectivity index (χ0) is 6.53. The van der Waals surface area contributed by atoms with E-state index in [1.165, 1.54) is 0 Å². The molecule has 1 fully saturated rings. The van der Waals surface area contributed by atoms with E-state index in [0.717, 1.165) is 19.4 Å². The molecule has 0 spiro atoms. The molecule has 0 aromatic carbocycles. The van der Waals surface area contributed by atoms with Crippen LogP contribution in [0.25, 0.3) is 0 Å². The fourth-order valence-electron chi connectivity index (χ4n) is 0.856. The third kappa shape index (κ3) is 2.79. The number of hydrogen-bond acceptors (Lipinski definition) is 3. The Morgan fingerprint density at radius 3 is 3.22 bits per heavy atom. The van der Waals surface area contributed by atoms with Crippen LogP contribution in [-0.4, -0.2) is 31.1 Å². The molecule has 0 aromatic rings. The molecule has 0 radical (unpaired) electrons. The van der Waals surface area contributed by atoms with Crippen LogP contribution in [0.4, 0.5) is 0 Å². The molecule has 0 aromatic heterocycles. The van der Waals surface area contributed by atoms with Crippen LogP contribution >= 0.6 is 0 Å². The Morgan fingerprint density at radius 1 is 1.44 bits per heavy atom. The van der Waals surface area contributed by atoms with Crippen LogP contribution in [0.2, 0.25) is 0 Å². The Kier molecular flexibility index (Phi) is 2.97. The molecule has 1 aliphatic rings. The molecular formula is C6H13NO2. The normalized spacial score (nSPS) is 31.0. The summed E-state index contributed by atoms with van der Waals surface area (Å²) in [6.07, 6.45) is 1.60. The van der Waals surface area contributed by atoms with E-state index in [0.29, 0.717) is 13.2 Å². The highest BCUT2D eigenvalue weighted by Crippen LogP contribution is 1.95. The molecule has 1 rings (SSSR count). The first-order valence-electron chi connectivity index (χ1n) is 3.40. The molecule has 0 bridgehead atoms. The summed E-state index contributed by atoms with van der Waals surface area (Å²) in [5, 5.41) is 12.0. The van der Waals surface area contributed by atoms with Gasteiger partial charge in [0.25, 0.3) is 0 Å². The van der Waals surface area contributed by atoms with Crippen LogP contribution in [-0.2, 0) is 4.74 Å². The number of rotatable bonds is 0. The van der Waals surface area contributed by atoms with Gasteiger partial charge in [0, 0.05) is 13.2 Å². The van der Waals surface area contributed by atoms with Crippen molar-refractivity contribution in [2.24, 2.45) is 0 Å². The summed E-state index contributed by atoms with van der Waals surface area (Å²) >= 11 is 0. The van der Waals surface area contributed by atoms with Crippen molar-refractivity contribution in [3.8, 4) is 0 Å². The number of aliphatic hydroxyl groups is 1. The van der Waals surface area contributed by atoms with Crippen molar-refractivity contribution >= 4 is 0 Å². The highest BCUT2D eigenvalue weighted by atomic mass is 16.6. The lowest BCUT2D eigenvalue weighted by Crippen LogP contribution is -2.32. The van der Waals surface area contributed by atoms with E-state index < -0.39 is 6.29 Å². The standard InChI is InChI=1S/C6H13NO2/c8-6-5-7-3-1-2-4-9-6/h6-8H,1-5H2. The van der Waals surface area contributed by atoms with Crippen LogP contribution < -0.4 is 5.32 Å². The Hall–Kier alpha value is -0.120. The van der Waals surface area contributed by atoms with Crippen molar-refractivity contribution in [1.82, 2.24) is 5.32 Å². The van der Waals surface area contributed by atoms with Gasteiger partial charge in [-0.25, -0.2) is 0 Å². The Bertz CT molecular complexity index is 69.5. The minimum atomic E-state index is -0.592. The van der Waals surface area contributed by atoms with Gasteiger partial charge < -0.3 is 15.2 Å². The van der Waals surface area contributed by atoms with Gasteiger partial charge in [-0.2, -0.15) is 0 Å². The lowest BCUT2D eigenvalue weighted by atomic mass is 10.3. The van der Waals surface area contributed by atoms with Crippen LogP contribution in [0.3, 0.4) is 0 Å². The van der Waals surface area contributed by atoms with E-state index in [-0.39, 0.29) is 0 Å². The molecule has 9 heavy (non-hydrogen) atoms. The molecule has 3 heteroatoms. The Balaban J connectivity index is 2.12. The van der Waals surface area contributed by atoms with Gasteiger partial charge in [-0.05, 0) is 19.4 Å². The number of nitrogens with one attached hydrogen (secondary N) is 1. The molecule has 3 nitrogen and oxygen atoms in total. The summed E-state index contributed by atoms with van der Waals surface area (Å²) in [4.78, 5) is 0. The first-order valence-corrected chi connectivity index (χ1v) is 3.40. The summed E-state index contributed by atoms with van der Waals surface area (Å²) in [5.74, 6) is 0. The molecule has 1 saturated heterocycles. The van der Waals surface area contributed by atoms with E-state index in [1.54, 1.807) is 0 Å². The number of β-amino-alcohol motifs (C(OH)–C–C–N with tert-alkyl or cyclic N) is 1. The van der Waals surface area contributed by atoms with Crippen LogP contribution in [0, 0.1) is 0 Å². The smallest absolute Gasteiger partial charge is 0.167 e. The van der Waals surface area contributed by atoms with Gasteiger partial charge in [-0.1, -0.05) is 0 Å². The third-order valence-electron chi connectivity index (χ3n) is 1.38. The molecule has 1 atom stereocenters. The molecule has 1 heterocycles. The summed E-state index contributed by atoms with van der Waals surface area (Å²) in [6.45, 7) is 2.27. The lowest BCUT2D eigenvalue weighted by Gasteiger charge is -2.15. The van der Waals surface area contributed by atoms with Gasteiger partial charge in [-0.15, -0.1) is 0 Å². The average Bonchev–Trinajstić information content (AvgIpc) is 1.79. The van der Waals surface area contributed by atoms with Gasteiger partial charge >= 0.3 is 0 Å². The average molecular weight is 131 g/mol. The second-order valence-corrected chi connectivity index (χ2v) is 2.24. The highest BCUT2D eigenvalue weighted by Gasteiger charge is 2.04. The molecule has 54 valence electrons. The zero-order valence-electron chi connectivity index (χ0n) is 5.47. The van der Waals surface area contributed by atoms with Crippen molar-refractivity contribution < 1.29 is 9.84 Å². The van der Waals surface area contributed by atoms with Gasteiger partial charge in [0.2, 0.25) is 0 Å². The van der Waals surface area contributed by atoms with Gasteiger partial charge in [0.05, 0.1) is 0 Å². The first kappa shape index (κ1) is 6.99.